The molecule has 0 saturated carbocycles. The van der Waals surface area contributed by atoms with E-state index in [-0.39, 0.29) is 0 Å². The van der Waals surface area contributed by atoms with Crippen LogP contribution in [-0.2, 0) is 0 Å². The molecule has 0 aliphatic carbocycles. The Morgan fingerprint density at radius 3 is 3.07 bits per heavy atom. The minimum atomic E-state index is 0.464. The number of halogens is 1. The van der Waals surface area contributed by atoms with Crippen LogP contribution in [0, 0.1) is 0 Å². The van der Waals surface area contributed by atoms with Crippen LogP contribution in [0.5, 0.6) is 0 Å². The van der Waals surface area contributed by atoms with Crippen LogP contribution in [-0.4, -0.2) is 36.1 Å². The number of nitrogens with one attached hydrogen (secondary N) is 1. The van der Waals surface area contributed by atoms with E-state index in [1.807, 2.05) is 6.07 Å². The largest absolute Gasteiger partial charge is 0.396 e. The topological polar surface area (TPSA) is 54.2 Å². The van der Waals surface area contributed by atoms with E-state index in [2.05, 4.69) is 38.2 Å². The molecule has 5 heteroatoms. The normalized spacial score (nSPS) is 21.9. The molecule has 82 valence electrons. The zero-order chi connectivity index (χ0) is 10.8. The number of hydrogen-bond acceptors (Lipinski definition) is 4. The average Bonchev–Trinajstić information content (AvgIpc) is 2.56. The molecule has 1 atom stereocenters. The highest BCUT2D eigenvalue weighted by Crippen LogP contribution is 2.22. The molecule has 1 aromatic rings. The molecule has 1 aliphatic rings. The molecule has 4 nitrogen and oxygen atoms in total. The molecule has 0 spiro atoms. The highest BCUT2D eigenvalue weighted by atomic mass is 79.9. The summed E-state index contributed by atoms with van der Waals surface area (Å²) >= 11 is 3.34. The summed E-state index contributed by atoms with van der Waals surface area (Å²) in [4.78, 5) is 6.56. The predicted molar refractivity (Wildman–Crippen MR) is 65.9 cm³/mol. The van der Waals surface area contributed by atoms with E-state index in [0.29, 0.717) is 11.7 Å². The molecule has 0 amide bonds. The molecule has 0 radical (unpaired) electrons. The maximum Gasteiger partial charge on any atom is 0.149 e. The van der Waals surface area contributed by atoms with Crippen LogP contribution in [0.25, 0.3) is 0 Å². The van der Waals surface area contributed by atoms with Gasteiger partial charge in [0.2, 0.25) is 0 Å². The summed E-state index contributed by atoms with van der Waals surface area (Å²) < 4.78 is 0.911. The van der Waals surface area contributed by atoms with Crippen molar-refractivity contribution in [3.8, 4) is 0 Å². The lowest BCUT2D eigenvalue weighted by molar-refractivity contribution is 0.414. The average molecular weight is 271 g/mol. The summed E-state index contributed by atoms with van der Waals surface area (Å²) in [5, 5.41) is 3.37. The number of nitrogen functional groups attached to an aromatic ring is 1. The van der Waals surface area contributed by atoms with E-state index in [1.54, 1.807) is 6.20 Å². The molecular weight excluding hydrogens is 256 g/mol. The standard InChI is InChI=1S/C10H15BrN4/c1-15-3-2-8(6-15)14-10-9(12)4-7(11)5-13-10/h4-5,8H,2-3,6,12H2,1H3,(H,13,14). The van der Waals surface area contributed by atoms with Gasteiger partial charge < -0.3 is 16.0 Å². The van der Waals surface area contributed by atoms with Crippen molar-refractivity contribution in [1.82, 2.24) is 9.88 Å². The number of likely N-dealkylation sites (N-methyl/N-ethyl adjacent to an activating group) is 1. The molecule has 1 aliphatic heterocycles. The highest BCUT2D eigenvalue weighted by Gasteiger charge is 2.19. The number of likely N-dealkylation sites (tertiary alicyclic amines) is 1. The molecule has 1 saturated heterocycles. The van der Waals surface area contributed by atoms with Gasteiger partial charge in [-0.05, 0) is 42.0 Å². The maximum atomic E-state index is 5.87. The first-order valence-electron chi connectivity index (χ1n) is 5.01. The Bertz CT molecular complexity index is 355. The van der Waals surface area contributed by atoms with Crippen molar-refractivity contribution >= 4 is 27.4 Å². The Morgan fingerprint density at radius 2 is 2.47 bits per heavy atom. The molecule has 15 heavy (non-hydrogen) atoms. The van der Waals surface area contributed by atoms with Crippen LogP contribution >= 0.6 is 15.9 Å². The number of hydrogen-bond donors (Lipinski definition) is 2. The second-order valence-electron chi connectivity index (χ2n) is 3.98. The van der Waals surface area contributed by atoms with Gasteiger partial charge in [0, 0.05) is 23.3 Å². The van der Waals surface area contributed by atoms with Gasteiger partial charge in [0.1, 0.15) is 5.82 Å². The summed E-state index contributed by atoms with van der Waals surface area (Å²) in [6.45, 7) is 2.19. The van der Waals surface area contributed by atoms with Gasteiger partial charge in [-0.15, -0.1) is 0 Å². The van der Waals surface area contributed by atoms with Crippen molar-refractivity contribution in [2.75, 3.05) is 31.2 Å². The number of rotatable bonds is 2. The van der Waals surface area contributed by atoms with E-state index in [0.717, 1.165) is 29.8 Å². The smallest absolute Gasteiger partial charge is 0.149 e. The summed E-state index contributed by atoms with van der Waals surface area (Å²) in [7, 11) is 2.13. The molecule has 2 rings (SSSR count). The number of nitrogens with zero attached hydrogens (tertiary/aromatic N) is 2. The van der Waals surface area contributed by atoms with Crippen LogP contribution < -0.4 is 11.1 Å². The third kappa shape index (κ3) is 2.60. The lowest BCUT2D eigenvalue weighted by Gasteiger charge is -2.14. The van der Waals surface area contributed by atoms with E-state index in [1.165, 1.54) is 0 Å². The zero-order valence-corrected chi connectivity index (χ0v) is 10.3. The van der Waals surface area contributed by atoms with Gasteiger partial charge in [0.25, 0.3) is 0 Å². The molecular formula is C10H15BrN4. The fraction of sp³-hybridized carbons (Fsp3) is 0.500. The minimum absolute atomic E-state index is 0.464. The van der Waals surface area contributed by atoms with Gasteiger partial charge in [-0.2, -0.15) is 0 Å². The van der Waals surface area contributed by atoms with Crippen molar-refractivity contribution in [2.24, 2.45) is 0 Å². The quantitative estimate of drug-likeness (QED) is 0.856. The summed E-state index contributed by atoms with van der Waals surface area (Å²) in [6, 6.07) is 2.33. The highest BCUT2D eigenvalue weighted by molar-refractivity contribution is 9.10. The van der Waals surface area contributed by atoms with Gasteiger partial charge >= 0.3 is 0 Å². The second-order valence-corrected chi connectivity index (χ2v) is 4.90. The van der Waals surface area contributed by atoms with Gasteiger partial charge in [-0.1, -0.05) is 0 Å². The van der Waals surface area contributed by atoms with E-state index >= 15 is 0 Å². The first kappa shape index (κ1) is 10.7. The second kappa shape index (κ2) is 4.37. The maximum absolute atomic E-state index is 5.87. The Kier molecular flexibility index (Phi) is 3.11. The third-order valence-electron chi connectivity index (χ3n) is 2.62. The third-order valence-corrected chi connectivity index (χ3v) is 3.05. The molecule has 1 unspecified atom stereocenters. The van der Waals surface area contributed by atoms with Crippen molar-refractivity contribution in [3.63, 3.8) is 0 Å². The molecule has 2 heterocycles. The van der Waals surface area contributed by atoms with Crippen molar-refractivity contribution in [1.29, 1.82) is 0 Å². The lowest BCUT2D eigenvalue weighted by atomic mass is 10.2. The Hall–Kier alpha value is -0.810. The van der Waals surface area contributed by atoms with Crippen LogP contribution in [0.2, 0.25) is 0 Å². The lowest BCUT2D eigenvalue weighted by Crippen LogP contribution is -2.24. The van der Waals surface area contributed by atoms with Gasteiger partial charge in [-0.25, -0.2) is 4.98 Å². The van der Waals surface area contributed by atoms with E-state index < -0.39 is 0 Å². The van der Waals surface area contributed by atoms with Crippen molar-refractivity contribution < 1.29 is 0 Å². The van der Waals surface area contributed by atoms with Crippen LogP contribution in [0.1, 0.15) is 6.42 Å². The molecule has 1 aromatic heterocycles. The Balaban J connectivity index is 2.04. The first-order valence-corrected chi connectivity index (χ1v) is 5.80. The summed E-state index contributed by atoms with van der Waals surface area (Å²) in [5.41, 5.74) is 6.56. The fourth-order valence-electron chi connectivity index (χ4n) is 1.82. The summed E-state index contributed by atoms with van der Waals surface area (Å²) in [6.07, 6.45) is 2.91. The Labute approximate surface area is 98.0 Å². The molecule has 3 N–H and O–H groups in total. The minimum Gasteiger partial charge on any atom is -0.396 e. The van der Waals surface area contributed by atoms with Gasteiger partial charge in [0.15, 0.2) is 0 Å². The van der Waals surface area contributed by atoms with Gasteiger partial charge in [0.05, 0.1) is 5.69 Å². The molecule has 0 bridgehead atoms. The molecule has 0 aromatic carbocycles. The first-order chi connectivity index (χ1) is 7.15. The predicted octanol–water partition coefficient (Wildman–Crippen LogP) is 1.54. The zero-order valence-electron chi connectivity index (χ0n) is 8.70. The van der Waals surface area contributed by atoms with Crippen LogP contribution in [0.15, 0.2) is 16.7 Å². The summed E-state index contributed by atoms with van der Waals surface area (Å²) in [5.74, 6) is 0.790. The monoisotopic (exact) mass is 270 g/mol. The van der Waals surface area contributed by atoms with Gasteiger partial charge in [-0.3, -0.25) is 0 Å². The molecule has 1 fully saturated rings. The Morgan fingerprint density at radius 1 is 1.67 bits per heavy atom. The fourth-order valence-corrected chi connectivity index (χ4v) is 2.17. The number of nitrogens with two attached hydrogens (primary N) is 1. The van der Waals surface area contributed by atoms with Crippen LogP contribution in [0.4, 0.5) is 11.5 Å². The van der Waals surface area contributed by atoms with Crippen molar-refractivity contribution in [3.05, 3.63) is 16.7 Å². The van der Waals surface area contributed by atoms with E-state index in [4.69, 9.17) is 5.73 Å². The van der Waals surface area contributed by atoms with Crippen molar-refractivity contribution in [2.45, 2.75) is 12.5 Å². The number of anilines is 2. The SMILES string of the molecule is CN1CCC(Nc2ncc(Br)cc2N)C1. The number of pyridine rings is 1. The van der Waals surface area contributed by atoms with E-state index in [9.17, 15) is 0 Å². The number of aromatic nitrogens is 1. The van der Waals surface area contributed by atoms with Crippen LogP contribution in [0.3, 0.4) is 0 Å².